The fourth-order valence-corrected chi connectivity index (χ4v) is 9.43. The Kier molecular flexibility index (Phi) is 7.78. The van der Waals surface area contributed by atoms with Gasteiger partial charge < -0.3 is 4.57 Å². The minimum Gasteiger partial charge on any atom is -0.309 e. The van der Waals surface area contributed by atoms with E-state index < -0.39 is 0 Å². The zero-order valence-corrected chi connectivity index (χ0v) is 31.2. The number of benzene rings is 7. The monoisotopic (exact) mass is 734 g/mol. The molecule has 0 bridgehead atoms. The maximum absolute atomic E-state index is 5.17. The molecule has 0 aliphatic heterocycles. The van der Waals surface area contributed by atoms with Crippen molar-refractivity contribution in [2.45, 2.75) is 12.8 Å². The van der Waals surface area contributed by atoms with Crippen molar-refractivity contribution in [3.8, 4) is 62.1 Å². The Labute approximate surface area is 328 Å². The van der Waals surface area contributed by atoms with E-state index in [0.717, 1.165) is 40.7 Å². The van der Waals surface area contributed by atoms with Gasteiger partial charge in [0.25, 0.3) is 0 Å². The van der Waals surface area contributed by atoms with Gasteiger partial charge in [-0.2, -0.15) is 0 Å². The molecule has 0 saturated heterocycles. The molecule has 0 fully saturated rings. The first-order chi connectivity index (χ1) is 27.7. The molecule has 7 aromatic carbocycles. The molecular weight excluding hydrogens is 701 g/mol. The van der Waals surface area contributed by atoms with E-state index in [4.69, 9.17) is 15.0 Å². The molecule has 4 nitrogen and oxygen atoms in total. The van der Waals surface area contributed by atoms with Gasteiger partial charge in [0.05, 0.1) is 11.0 Å². The van der Waals surface area contributed by atoms with Crippen LogP contribution < -0.4 is 9.75 Å². The number of para-hydroxylation sites is 2. The van der Waals surface area contributed by atoms with Gasteiger partial charge in [-0.1, -0.05) is 140 Å². The SMILES string of the molecule is C1=c2sc3c(-c4nc(-c5ccccc5)nc(-c5ccccc5)n4)cc(-c4ccc(-c5ccc6c(c5)c5ccccc5n6-c5ccccc5)cc4)cc3c2=CCC1. The highest BCUT2D eigenvalue weighted by molar-refractivity contribution is 7.17. The number of nitrogens with zero attached hydrogens (tertiary/aromatic N) is 4. The molecule has 0 unspecified atom stereocenters. The zero-order valence-electron chi connectivity index (χ0n) is 30.4. The first kappa shape index (κ1) is 32.5. The summed E-state index contributed by atoms with van der Waals surface area (Å²) < 4.78 is 4.89. The smallest absolute Gasteiger partial charge is 0.165 e. The molecule has 264 valence electrons. The second kappa shape index (κ2) is 13.4. The lowest BCUT2D eigenvalue weighted by molar-refractivity contribution is 1.08. The van der Waals surface area contributed by atoms with Crippen molar-refractivity contribution in [3.05, 3.63) is 180 Å². The zero-order chi connectivity index (χ0) is 37.0. The Bertz CT molecular complexity index is 3160. The number of rotatable bonds is 6. The first-order valence-corrected chi connectivity index (χ1v) is 19.9. The summed E-state index contributed by atoms with van der Waals surface area (Å²) in [6.07, 6.45) is 6.88. The minimum atomic E-state index is 0.667. The van der Waals surface area contributed by atoms with E-state index in [9.17, 15) is 0 Å². The molecule has 5 heteroatoms. The molecule has 10 aromatic rings. The summed E-state index contributed by atoms with van der Waals surface area (Å²) in [7, 11) is 0. The van der Waals surface area contributed by atoms with Crippen LogP contribution in [0.25, 0.3) is 106 Å². The average molecular weight is 735 g/mol. The molecule has 1 aliphatic rings. The van der Waals surface area contributed by atoms with Crippen LogP contribution in [-0.2, 0) is 0 Å². The standard InChI is InChI=1S/C51H34N4S/c1-4-14-35(15-5-1)49-52-50(36-16-6-2-7-17-36)54-51(53-49)44-32-38(31-43-41-21-11-13-23-47(41)56-48(43)44)34-26-24-33(25-27-34)37-28-29-46-42(30-37)40-20-10-12-22-45(40)55(46)39-18-8-3-9-19-39/h1-10,12,14-32H,11,13H2. The van der Waals surface area contributed by atoms with Gasteiger partial charge in [0.1, 0.15) is 0 Å². The van der Waals surface area contributed by atoms with Gasteiger partial charge in [0.15, 0.2) is 17.5 Å². The normalized spacial score (nSPS) is 12.4. The molecule has 3 heterocycles. The lowest BCUT2D eigenvalue weighted by Crippen LogP contribution is -2.20. The molecule has 0 saturated carbocycles. The van der Waals surface area contributed by atoms with E-state index in [1.54, 1.807) is 0 Å². The number of hydrogen-bond donors (Lipinski definition) is 0. The van der Waals surface area contributed by atoms with Crippen molar-refractivity contribution >= 4 is 55.4 Å². The predicted octanol–water partition coefficient (Wildman–Crippen LogP) is 11.9. The van der Waals surface area contributed by atoms with E-state index in [1.165, 1.54) is 58.5 Å². The Balaban J connectivity index is 1.05. The van der Waals surface area contributed by atoms with E-state index in [-0.39, 0.29) is 0 Å². The Morgan fingerprint density at radius 1 is 0.411 bits per heavy atom. The highest BCUT2D eigenvalue weighted by atomic mass is 32.1. The van der Waals surface area contributed by atoms with Crippen LogP contribution in [0.15, 0.2) is 170 Å². The lowest BCUT2D eigenvalue weighted by atomic mass is 9.96. The third-order valence-electron chi connectivity index (χ3n) is 10.9. The van der Waals surface area contributed by atoms with Gasteiger partial charge in [0, 0.05) is 47.8 Å². The van der Waals surface area contributed by atoms with Gasteiger partial charge in [-0.3, -0.25) is 0 Å². The predicted molar refractivity (Wildman–Crippen MR) is 234 cm³/mol. The second-order valence-corrected chi connectivity index (χ2v) is 15.4. The second-order valence-electron chi connectivity index (χ2n) is 14.3. The molecule has 0 N–H and O–H groups in total. The molecular formula is C51H34N4S. The molecule has 56 heavy (non-hydrogen) atoms. The number of aromatic nitrogens is 4. The van der Waals surface area contributed by atoms with Crippen molar-refractivity contribution in [2.75, 3.05) is 0 Å². The van der Waals surface area contributed by atoms with Crippen molar-refractivity contribution in [1.29, 1.82) is 0 Å². The summed E-state index contributed by atoms with van der Waals surface area (Å²) in [5.74, 6) is 2.02. The molecule has 3 aromatic heterocycles. The minimum absolute atomic E-state index is 0.667. The third kappa shape index (κ3) is 5.55. The molecule has 0 spiro atoms. The average Bonchev–Trinajstić information content (AvgIpc) is 3.82. The number of thiophene rings is 1. The fourth-order valence-electron chi connectivity index (χ4n) is 8.17. The van der Waals surface area contributed by atoms with E-state index in [0.29, 0.717) is 17.5 Å². The summed E-state index contributed by atoms with van der Waals surface area (Å²) in [5.41, 5.74) is 11.2. The fraction of sp³-hybridized carbons (Fsp3) is 0.0392. The molecule has 0 radical (unpaired) electrons. The van der Waals surface area contributed by atoms with Crippen LogP contribution >= 0.6 is 11.3 Å². The van der Waals surface area contributed by atoms with E-state index >= 15 is 0 Å². The maximum atomic E-state index is 5.17. The highest BCUT2D eigenvalue weighted by Crippen LogP contribution is 2.38. The summed E-state index contributed by atoms with van der Waals surface area (Å²) in [4.78, 5) is 15.3. The Hall–Kier alpha value is -6.95. The van der Waals surface area contributed by atoms with Crippen LogP contribution in [0.3, 0.4) is 0 Å². The molecule has 11 rings (SSSR count). The number of hydrogen-bond acceptors (Lipinski definition) is 4. The van der Waals surface area contributed by atoms with Crippen LogP contribution in [0.4, 0.5) is 0 Å². The van der Waals surface area contributed by atoms with Crippen LogP contribution in [0.5, 0.6) is 0 Å². The molecule has 0 atom stereocenters. The lowest BCUT2D eigenvalue weighted by Gasteiger charge is -2.12. The van der Waals surface area contributed by atoms with Crippen molar-refractivity contribution < 1.29 is 0 Å². The van der Waals surface area contributed by atoms with Crippen molar-refractivity contribution in [2.24, 2.45) is 0 Å². The largest absolute Gasteiger partial charge is 0.309 e. The summed E-state index contributed by atoms with van der Waals surface area (Å²) in [6, 6.07) is 60.3. The summed E-state index contributed by atoms with van der Waals surface area (Å²) in [6.45, 7) is 0. The van der Waals surface area contributed by atoms with Crippen LogP contribution in [0.2, 0.25) is 0 Å². The van der Waals surface area contributed by atoms with Crippen LogP contribution in [0, 0.1) is 0 Å². The van der Waals surface area contributed by atoms with Gasteiger partial charge in [-0.25, -0.2) is 15.0 Å². The molecule has 1 aliphatic carbocycles. The van der Waals surface area contributed by atoms with Crippen LogP contribution in [-0.4, -0.2) is 19.5 Å². The molecule has 0 amide bonds. The van der Waals surface area contributed by atoms with Gasteiger partial charge in [-0.15, -0.1) is 11.3 Å². The Morgan fingerprint density at radius 3 is 1.68 bits per heavy atom. The first-order valence-electron chi connectivity index (χ1n) is 19.1. The van der Waals surface area contributed by atoms with Gasteiger partial charge >= 0.3 is 0 Å². The van der Waals surface area contributed by atoms with Crippen molar-refractivity contribution in [3.63, 3.8) is 0 Å². The third-order valence-corrected chi connectivity index (χ3v) is 12.1. The maximum Gasteiger partial charge on any atom is 0.165 e. The highest BCUT2D eigenvalue weighted by Gasteiger charge is 2.19. The topological polar surface area (TPSA) is 43.6 Å². The van der Waals surface area contributed by atoms with E-state index in [2.05, 4.69) is 150 Å². The van der Waals surface area contributed by atoms with E-state index in [1.807, 2.05) is 47.7 Å². The number of fused-ring (bicyclic) bond motifs is 6. The van der Waals surface area contributed by atoms with Gasteiger partial charge in [0.2, 0.25) is 0 Å². The summed E-state index contributed by atoms with van der Waals surface area (Å²) >= 11 is 1.84. The quantitative estimate of drug-likeness (QED) is 0.171. The van der Waals surface area contributed by atoms with Crippen LogP contribution in [0.1, 0.15) is 12.8 Å². The summed E-state index contributed by atoms with van der Waals surface area (Å²) in [5, 5.41) is 5.07. The Morgan fingerprint density at radius 2 is 0.964 bits per heavy atom. The van der Waals surface area contributed by atoms with Gasteiger partial charge in [-0.05, 0) is 82.8 Å². The van der Waals surface area contributed by atoms with Crippen molar-refractivity contribution in [1.82, 2.24) is 19.5 Å².